The smallest absolute Gasteiger partial charge is 0.333 e. The quantitative estimate of drug-likeness (QED) is 0.496. The first-order chi connectivity index (χ1) is 15.9. The molecule has 0 N–H and O–H groups in total. The van der Waals surface area contributed by atoms with Gasteiger partial charge in [-0.3, -0.25) is 19.4 Å². The number of aromatic nitrogens is 3. The summed E-state index contributed by atoms with van der Waals surface area (Å²) in [6.07, 6.45) is 4.72. The van der Waals surface area contributed by atoms with Crippen molar-refractivity contribution in [2.45, 2.75) is 19.3 Å². The van der Waals surface area contributed by atoms with Gasteiger partial charge in [0.25, 0.3) is 11.8 Å². The summed E-state index contributed by atoms with van der Waals surface area (Å²) in [4.78, 5) is 53.6. The molecule has 2 aliphatic heterocycles. The molecule has 2 aromatic rings. The number of carbonyl (C=O) groups is 3. The number of ether oxygens (including phenoxy) is 2. The maximum atomic E-state index is 12.4. The molecule has 11 nitrogen and oxygen atoms in total. The molecule has 3 heterocycles. The van der Waals surface area contributed by atoms with Gasteiger partial charge in [0.05, 0.1) is 7.11 Å². The summed E-state index contributed by atoms with van der Waals surface area (Å²) in [7, 11) is 4.13. The number of benzene rings is 1. The SMILES string of the molecule is COc1nc(Oc2cccc(C=C3C(=O)N(C)C(=O)N(C)C3=O)c2)nc(N2CCCCC2)n1. The average molecular weight is 452 g/mol. The number of piperidine rings is 1. The molecule has 0 radical (unpaired) electrons. The van der Waals surface area contributed by atoms with E-state index in [1.807, 2.05) is 0 Å². The van der Waals surface area contributed by atoms with Crippen molar-refractivity contribution in [2.24, 2.45) is 0 Å². The fourth-order valence-corrected chi connectivity index (χ4v) is 3.62. The van der Waals surface area contributed by atoms with Gasteiger partial charge in [-0.25, -0.2) is 4.79 Å². The molecule has 1 aromatic carbocycles. The van der Waals surface area contributed by atoms with Gasteiger partial charge in [0.2, 0.25) is 5.95 Å². The third-order valence-corrected chi connectivity index (χ3v) is 5.43. The van der Waals surface area contributed by atoms with Gasteiger partial charge in [0, 0.05) is 27.2 Å². The lowest BCUT2D eigenvalue weighted by atomic mass is 10.1. The fraction of sp³-hybridized carbons (Fsp3) is 0.364. The van der Waals surface area contributed by atoms with Crippen LogP contribution in [0.25, 0.3) is 6.08 Å². The number of hydrogen-bond donors (Lipinski definition) is 0. The molecule has 0 saturated carbocycles. The van der Waals surface area contributed by atoms with Gasteiger partial charge in [-0.1, -0.05) is 12.1 Å². The Morgan fingerprint density at radius 2 is 1.58 bits per heavy atom. The van der Waals surface area contributed by atoms with Crippen molar-refractivity contribution < 1.29 is 23.9 Å². The molecule has 0 unspecified atom stereocenters. The maximum Gasteiger partial charge on any atom is 0.333 e. The van der Waals surface area contributed by atoms with E-state index in [0.29, 0.717) is 17.3 Å². The van der Waals surface area contributed by atoms with Crippen LogP contribution >= 0.6 is 0 Å². The minimum absolute atomic E-state index is 0.0714. The minimum atomic E-state index is -0.674. The molecule has 1 aromatic heterocycles. The van der Waals surface area contributed by atoms with Crippen molar-refractivity contribution in [3.8, 4) is 17.8 Å². The van der Waals surface area contributed by atoms with Crippen LogP contribution < -0.4 is 14.4 Å². The number of urea groups is 1. The summed E-state index contributed by atoms with van der Waals surface area (Å²) < 4.78 is 11.1. The summed E-state index contributed by atoms with van der Waals surface area (Å²) in [6.45, 7) is 1.70. The molecule has 0 aliphatic carbocycles. The second-order valence-corrected chi connectivity index (χ2v) is 7.70. The van der Waals surface area contributed by atoms with E-state index in [1.54, 1.807) is 24.3 Å². The standard InChI is InChI=1S/C22H24N6O5/c1-26-17(29)16(18(30)27(2)22(26)31)13-14-8-7-9-15(12-14)33-21-24-19(23-20(25-21)32-3)28-10-5-4-6-11-28/h7-9,12-13H,4-6,10-11H2,1-3H3. The molecule has 0 bridgehead atoms. The van der Waals surface area contributed by atoms with E-state index in [4.69, 9.17) is 9.47 Å². The van der Waals surface area contributed by atoms with Gasteiger partial charge in [0.1, 0.15) is 11.3 Å². The first-order valence-corrected chi connectivity index (χ1v) is 10.5. The van der Waals surface area contributed by atoms with Crippen molar-refractivity contribution >= 4 is 29.9 Å². The lowest BCUT2D eigenvalue weighted by Crippen LogP contribution is -2.52. The number of barbiturate groups is 1. The largest absolute Gasteiger partial charge is 0.467 e. The van der Waals surface area contributed by atoms with E-state index in [9.17, 15) is 14.4 Å². The van der Waals surface area contributed by atoms with E-state index in [2.05, 4.69) is 19.9 Å². The Morgan fingerprint density at radius 1 is 0.909 bits per heavy atom. The van der Waals surface area contributed by atoms with Crippen molar-refractivity contribution in [1.82, 2.24) is 24.8 Å². The lowest BCUT2D eigenvalue weighted by Gasteiger charge is -2.28. The molecule has 2 fully saturated rings. The average Bonchev–Trinajstić information content (AvgIpc) is 2.84. The molecular weight excluding hydrogens is 428 g/mol. The third-order valence-electron chi connectivity index (χ3n) is 5.43. The van der Waals surface area contributed by atoms with Crippen LogP contribution in [0, 0.1) is 0 Å². The Morgan fingerprint density at radius 3 is 2.24 bits per heavy atom. The van der Waals surface area contributed by atoms with Crippen LogP contribution in [0.5, 0.6) is 17.8 Å². The van der Waals surface area contributed by atoms with E-state index in [-0.39, 0.29) is 17.6 Å². The van der Waals surface area contributed by atoms with Crippen LogP contribution in [0.1, 0.15) is 24.8 Å². The Balaban J connectivity index is 1.60. The van der Waals surface area contributed by atoms with E-state index in [0.717, 1.165) is 35.7 Å². The van der Waals surface area contributed by atoms with Crippen LogP contribution in [-0.2, 0) is 9.59 Å². The summed E-state index contributed by atoms with van der Waals surface area (Å²) in [6, 6.07) is 6.31. The molecule has 2 aliphatic rings. The monoisotopic (exact) mass is 452 g/mol. The van der Waals surface area contributed by atoms with Crippen LogP contribution in [0.4, 0.5) is 10.7 Å². The molecule has 0 atom stereocenters. The Hall–Kier alpha value is -4.02. The van der Waals surface area contributed by atoms with Gasteiger partial charge >= 0.3 is 18.1 Å². The number of carbonyl (C=O) groups excluding carboxylic acids is 3. The van der Waals surface area contributed by atoms with Crippen LogP contribution in [-0.4, -0.2) is 76.9 Å². The topological polar surface area (TPSA) is 118 Å². The number of methoxy groups -OCH3 is 1. The molecule has 172 valence electrons. The molecule has 0 spiro atoms. The van der Waals surface area contributed by atoms with Crippen molar-refractivity contribution in [3.63, 3.8) is 0 Å². The van der Waals surface area contributed by atoms with Gasteiger partial charge in [-0.15, -0.1) is 4.98 Å². The molecule has 4 amide bonds. The Labute approximate surface area is 190 Å². The number of amides is 4. The van der Waals surface area contributed by atoms with Gasteiger partial charge in [-0.05, 0) is 43.0 Å². The Kier molecular flexibility index (Phi) is 6.20. The summed E-state index contributed by atoms with van der Waals surface area (Å²) in [5, 5.41) is 0. The van der Waals surface area contributed by atoms with Crippen molar-refractivity contribution in [2.75, 3.05) is 39.2 Å². The molecule has 4 rings (SSSR count). The Bertz CT molecular complexity index is 1100. The lowest BCUT2D eigenvalue weighted by molar-refractivity contribution is -0.134. The van der Waals surface area contributed by atoms with Gasteiger partial charge in [0.15, 0.2) is 0 Å². The molecule has 2 saturated heterocycles. The highest BCUT2D eigenvalue weighted by molar-refractivity contribution is 6.30. The number of nitrogens with zero attached hydrogens (tertiary/aromatic N) is 6. The van der Waals surface area contributed by atoms with Crippen molar-refractivity contribution in [1.29, 1.82) is 0 Å². The first-order valence-electron chi connectivity index (χ1n) is 10.5. The normalized spacial score (nSPS) is 16.9. The predicted octanol–water partition coefficient (Wildman–Crippen LogP) is 2.10. The zero-order valence-electron chi connectivity index (χ0n) is 18.6. The number of imide groups is 2. The highest BCUT2D eigenvalue weighted by atomic mass is 16.5. The van der Waals surface area contributed by atoms with Crippen LogP contribution in [0.3, 0.4) is 0 Å². The highest BCUT2D eigenvalue weighted by Crippen LogP contribution is 2.26. The maximum absolute atomic E-state index is 12.4. The molecule has 11 heteroatoms. The van der Waals surface area contributed by atoms with E-state index < -0.39 is 17.8 Å². The fourth-order valence-electron chi connectivity index (χ4n) is 3.62. The first kappa shape index (κ1) is 22.2. The summed E-state index contributed by atoms with van der Waals surface area (Å²) in [5.74, 6) is -0.440. The summed E-state index contributed by atoms with van der Waals surface area (Å²) >= 11 is 0. The molecular formula is C22H24N6O5. The third kappa shape index (κ3) is 4.61. The van der Waals surface area contributed by atoms with Gasteiger partial charge < -0.3 is 14.4 Å². The second kappa shape index (κ2) is 9.23. The van der Waals surface area contributed by atoms with Gasteiger partial charge in [-0.2, -0.15) is 9.97 Å². The summed E-state index contributed by atoms with van der Waals surface area (Å²) in [5.41, 5.74) is 0.420. The van der Waals surface area contributed by atoms with E-state index in [1.165, 1.54) is 33.7 Å². The molecule has 33 heavy (non-hydrogen) atoms. The minimum Gasteiger partial charge on any atom is -0.467 e. The number of anilines is 1. The predicted molar refractivity (Wildman–Crippen MR) is 118 cm³/mol. The second-order valence-electron chi connectivity index (χ2n) is 7.70. The highest BCUT2D eigenvalue weighted by Gasteiger charge is 2.37. The zero-order chi connectivity index (χ0) is 23.5. The number of hydrogen-bond acceptors (Lipinski definition) is 9. The van der Waals surface area contributed by atoms with Crippen molar-refractivity contribution in [3.05, 3.63) is 35.4 Å². The van der Waals surface area contributed by atoms with Crippen LogP contribution in [0.15, 0.2) is 29.8 Å². The van der Waals surface area contributed by atoms with Crippen LogP contribution in [0.2, 0.25) is 0 Å². The van der Waals surface area contributed by atoms with E-state index >= 15 is 0 Å². The number of likely N-dealkylation sites (N-methyl/N-ethyl adjacent to an activating group) is 2. The number of rotatable bonds is 5. The zero-order valence-corrected chi connectivity index (χ0v) is 18.6.